The van der Waals surface area contributed by atoms with Crippen molar-refractivity contribution in [2.45, 2.75) is 26.4 Å². The third kappa shape index (κ3) is 3.44. The molecule has 0 saturated heterocycles. The van der Waals surface area contributed by atoms with Gasteiger partial charge in [-0.15, -0.1) is 5.10 Å². The molecule has 0 aliphatic carbocycles. The third-order valence-corrected chi connectivity index (χ3v) is 2.59. The minimum absolute atomic E-state index is 0.0110. The second kappa shape index (κ2) is 6.00. The summed E-state index contributed by atoms with van der Waals surface area (Å²) in [5.41, 5.74) is 5.84. The zero-order valence-electron chi connectivity index (χ0n) is 11.1. The van der Waals surface area contributed by atoms with Gasteiger partial charge in [0.15, 0.2) is 0 Å². The van der Waals surface area contributed by atoms with E-state index >= 15 is 0 Å². The molecule has 2 rings (SSSR count). The average molecular weight is 276 g/mol. The fraction of sp³-hybridized carbons (Fsp3) is 0.333. The fourth-order valence-electron chi connectivity index (χ4n) is 1.75. The van der Waals surface area contributed by atoms with Crippen molar-refractivity contribution in [3.8, 4) is 0 Å². The van der Waals surface area contributed by atoms with Crippen LogP contribution in [0.5, 0.6) is 0 Å². The van der Waals surface area contributed by atoms with Crippen molar-refractivity contribution < 1.29 is 4.79 Å². The Labute approximate surface area is 115 Å². The lowest BCUT2D eigenvalue weighted by atomic mass is 10.3. The number of carbonyl (C=O) groups is 1. The molecule has 0 radical (unpaired) electrons. The lowest BCUT2D eigenvalue weighted by molar-refractivity contribution is -0.116. The maximum atomic E-state index is 11.8. The molecule has 2 aromatic heterocycles. The Balaban J connectivity index is 2.04. The van der Waals surface area contributed by atoms with Crippen molar-refractivity contribution in [1.29, 1.82) is 0 Å². The molecule has 8 nitrogen and oxygen atoms in total. The minimum Gasteiger partial charge on any atom is -0.367 e. The molecule has 1 amide bonds. The number of aryl methyl sites for hydroxylation is 1. The number of nitrogen functional groups attached to an aromatic ring is 1. The van der Waals surface area contributed by atoms with Crippen LogP contribution in [-0.2, 0) is 17.9 Å². The predicted octanol–water partition coefficient (Wildman–Crippen LogP) is 0.0707. The molecule has 8 heteroatoms. The molecule has 0 aliphatic heterocycles. The van der Waals surface area contributed by atoms with Gasteiger partial charge in [0.05, 0.1) is 5.69 Å². The summed E-state index contributed by atoms with van der Waals surface area (Å²) in [7, 11) is 0. The fourth-order valence-corrected chi connectivity index (χ4v) is 1.75. The highest BCUT2D eigenvalue weighted by molar-refractivity contribution is 5.90. The minimum atomic E-state index is -0.267. The Bertz CT molecular complexity index is 660. The maximum Gasteiger partial charge on any atom is 0.250 e. The van der Waals surface area contributed by atoms with Crippen LogP contribution in [0.4, 0.5) is 11.6 Å². The summed E-state index contributed by atoms with van der Waals surface area (Å²) in [5.74, 6) is -0.147. The molecular weight excluding hydrogens is 260 g/mol. The van der Waals surface area contributed by atoms with Crippen LogP contribution in [0.2, 0.25) is 0 Å². The summed E-state index contributed by atoms with van der Waals surface area (Å²) in [6.45, 7) is 2.60. The maximum absolute atomic E-state index is 11.8. The van der Waals surface area contributed by atoms with Crippen molar-refractivity contribution >= 4 is 17.5 Å². The van der Waals surface area contributed by atoms with Gasteiger partial charge in [0.1, 0.15) is 12.9 Å². The van der Waals surface area contributed by atoms with Gasteiger partial charge in [-0.1, -0.05) is 6.92 Å². The zero-order valence-corrected chi connectivity index (χ0v) is 11.1. The Morgan fingerprint density at radius 2 is 2.25 bits per heavy atom. The molecule has 20 heavy (non-hydrogen) atoms. The molecule has 2 aromatic rings. The molecule has 3 N–H and O–H groups in total. The standard InChI is InChI=1S/C12H16N6O2/c1-2-5-17-6-9(3-4-11(17)20)15-10(19)7-18-8-14-12(13)16-18/h3-4,6,8H,2,5,7H2,1H3,(H2,13,16)(H,15,19). The van der Waals surface area contributed by atoms with Gasteiger partial charge in [-0.25, -0.2) is 9.67 Å². The molecule has 0 bridgehead atoms. The largest absolute Gasteiger partial charge is 0.367 e. The van der Waals surface area contributed by atoms with E-state index in [0.717, 1.165) is 6.42 Å². The van der Waals surface area contributed by atoms with Crippen LogP contribution in [0.3, 0.4) is 0 Å². The van der Waals surface area contributed by atoms with E-state index in [0.29, 0.717) is 12.2 Å². The van der Waals surface area contributed by atoms with E-state index in [1.807, 2.05) is 6.92 Å². The van der Waals surface area contributed by atoms with Crippen molar-refractivity contribution in [3.63, 3.8) is 0 Å². The second-order valence-corrected chi connectivity index (χ2v) is 4.30. The van der Waals surface area contributed by atoms with Crippen LogP contribution >= 0.6 is 0 Å². The van der Waals surface area contributed by atoms with E-state index in [-0.39, 0.29) is 24.0 Å². The number of rotatable bonds is 5. The van der Waals surface area contributed by atoms with Gasteiger partial charge in [-0.2, -0.15) is 0 Å². The second-order valence-electron chi connectivity index (χ2n) is 4.30. The molecule has 106 valence electrons. The van der Waals surface area contributed by atoms with Crippen LogP contribution in [0.15, 0.2) is 29.5 Å². The number of hydrogen-bond acceptors (Lipinski definition) is 5. The first-order chi connectivity index (χ1) is 9.58. The number of pyridine rings is 1. The lowest BCUT2D eigenvalue weighted by Crippen LogP contribution is -2.22. The van der Waals surface area contributed by atoms with Crippen molar-refractivity contribution in [3.05, 3.63) is 35.0 Å². The molecule has 0 atom stereocenters. The van der Waals surface area contributed by atoms with Gasteiger partial charge in [0.2, 0.25) is 11.9 Å². The highest BCUT2D eigenvalue weighted by Crippen LogP contribution is 2.04. The first-order valence-electron chi connectivity index (χ1n) is 6.23. The molecule has 0 fully saturated rings. The monoisotopic (exact) mass is 276 g/mol. The van der Waals surface area contributed by atoms with Gasteiger partial charge >= 0.3 is 0 Å². The number of amides is 1. The van der Waals surface area contributed by atoms with E-state index in [1.54, 1.807) is 16.8 Å². The molecule has 0 saturated carbocycles. The van der Waals surface area contributed by atoms with Gasteiger partial charge in [0.25, 0.3) is 5.56 Å². The predicted molar refractivity (Wildman–Crippen MR) is 74.1 cm³/mol. The molecule has 2 heterocycles. The van der Waals surface area contributed by atoms with Crippen LogP contribution in [0.1, 0.15) is 13.3 Å². The van der Waals surface area contributed by atoms with Crippen molar-refractivity contribution in [2.75, 3.05) is 11.1 Å². The number of nitrogens with one attached hydrogen (secondary N) is 1. The van der Waals surface area contributed by atoms with E-state index < -0.39 is 0 Å². The van der Waals surface area contributed by atoms with Crippen molar-refractivity contribution in [1.82, 2.24) is 19.3 Å². The Morgan fingerprint density at radius 1 is 1.45 bits per heavy atom. The normalized spacial score (nSPS) is 10.4. The van der Waals surface area contributed by atoms with E-state index in [2.05, 4.69) is 15.4 Å². The Morgan fingerprint density at radius 3 is 2.90 bits per heavy atom. The number of anilines is 2. The highest BCUT2D eigenvalue weighted by atomic mass is 16.2. The topological polar surface area (TPSA) is 108 Å². The van der Waals surface area contributed by atoms with Gasteiger partial charge < -0.3 is 15.6 Å². The average Bonchev–Trinajstić information content (AvgIpc) is 2.79. The molecule has 0 aromatic carbocycles. The molecule has 0 aliphatic rings. The Hall–Kier alpha value is -2.64. The Kier molecular flexibility index (Phi) is 4.14. The van der Waals surface area contributed by atoms with E-state index in [4.69, 9.17) is 5.73 Å². The summed E-state index contributed by atoms with van der Waals surface area (Å²) >= 11 is 0. The van der Waals surface area contributed by atoms with E-state index in [1.165, 1.54) is 17.1 Å². The molecular formula is C12H16N6O2. The number of nitrogens with zero attached hydrogens (tertiary/aromatic N) is 4. The number of nitrogens with two attached hydrogens (primary N) is 1. The first kappa shape index (κ1) is 13.8. The summed E-state index contributed by atoms with van der Waals surface area (Å²) < 4.78 is 2.90. The van der Waals surface area contributed by atoms with Crippen LogP contribution in [0, 0.1) is 0 Å². The first-order valence-corrected chi connectivity index (χ1v) is 6.23. The summed E-state index contributed by atoms with van der Waals surface area (Å²) in [5, 5.41) is 6.52. The molecule has 0 spiro atoms. The third-order valence-electron chi connectivity index (χ3n) is 2.59. The number of aromatic nitrogens is 4. The quantitative estimate of drug-likeness (QED) is 0.803. The lowest BCUT2D eigenvalue weighted by Gasteiger charge is -2.08. The van der Waals surface area contributed by atoms with Gasteiger partial charge in [-0.05, 0) is 12.5 Å². The molecule has 0 unspecified atom stereocenters. The summed E-state index contributed by atoms with van der Waals surface area (Å²) in [6, 6.07) is 3.00. The van der Waals surface area contributed by atoms with Crippen LogP contribution in [-0.4, -0.2) is 25.2 Å². The number of hydrogen-bond donors (Lipinski definition) is 2. The zero-order chi connectivity index (χ0) is 14.5. The van der Waals surface area contributed by atoms with Crippen molar-refractivity contribution in [2.24, 2.45) is 0 Å². The summed E-state index contributed by atoms with van der Waals surface area (Å²) in [4.78, 5) is 27.1. The SMILES string of the molecule is CCCn1cc(NC(=O)Cn2cnc(N)n2)ccc1=O. The summed E-state index contributed by atoms with van der Waals surface area (Å²) in [6.07, 6.45) is 3.85. The highest BCUT2D eigenvalue weighted by Gasteiger charge is 2.06. The number of carbonyl (C=O) groups excluding carboxylic acids is 1. The van der Waals surface area contributed by atoms with Crippen LogP contribution in [0.25, 0.3) is 0 Å². The van der Waals surface area contributed by atoms with Gasteiger partial charge in [0, 0.05) is 18.8 Å². The van der Waals surface area contributed by atoms with Gasteiger partial charge in [-0.3, -0.25) is 9.59 Å². The van der Waals surface area contributed by atoms with E-state index in [9.17, 15) is 9.59 Å². The van der Waals surface area contributed by atoms with Crippen LogP contribution < -0.4 is 16.6 Å². The smallest absolute Gasteiger partial charge is 0.250 e.